The summed E-state index contributed by atoms with van der Waals surface area (Å²) in [6.45, 7) is 0. The lowest BCUT2D eigenvalue weighted by atomic mass is 9.98. The molecular weight excluding hydrogens is 162 g/mol. The summed E-state index contributed by atoms with van der Waals surface area (Å²) in [5.41, 5.74) is 2.94. The molecule has 2 aromatic rings. The number of benzene rings is 1. The van der Waals surface area contributed by atoms with E-state index in [0.717, 1.165) is 22.0 Å². The molecule has 62 valence electrons. The molecule has 1 heterocycles. The molecule has 0 atom stereocenters. The maximum atomic E-state index is 11.5. The van der Waals surface area contributed by atoms with E-state index in [1.807, 2.05) is 30.5 Å². The van der Waals surface area contributed by atoms with Gasteiger partial charge in [0.1, 0.15) is 0 Å². The molecule has 1 aromatic carbocycles. The van der Waals surface area contributed by atoms with Crippen LogP contribution in [0.15, 0.2) is 30.5 Å². The fourth-order valence-corrected chi connectivity index (χ4v) is 1.80. The SMILES string of the molecule is O=C1C=Cc2c[nH]c3cccc1c23. The minimum atomic E-state index is 0.0951. The van der Waals surface area contributed by atoms with Crippen LogP contribution >= 0.6 is 0 Å². The molecule has 1 aliphatic rings. The van der Waals surface area contributed by atoms with Gasteiger partial charge in [0.05, 0.1) is 0 Å². The predicted octanol–water partition coefficient (Wildman–Crippen LogP) is 2.38. The van der Waals surface area contributed by atoms with E-state index in [0.29, 0.717) is 0 Å². The van der Waals surface area contributed by atoms with Crippen molar-refractivity contribution in [2.24, 2.45) is 0 Å². The molecule has 2 nitrogen and oxygen atoms in total. The fraction of sp³-hybridized carbons (Fsp3) is 0. The molecule has 3 rings (SSSR count). The number of H-pyrrole nitrogens is 1. The first-order chi connectivity index (χ1) is 6.36. The molecule has 0 fully saturated rings. The Kier molecular flexibility index (Phi) is 1.08. The van der Waals surface area contributed by atoms with Crippen LogP contribution in [0.4, 0.5) is 0 Å². The Morgan fingerprint density at radius 1 is 1.15 bits per heavy atom. The van der Waals surface area contributed by atoms with Crippen LogP contribution in [0, 0.1) is 0 Å². The monoisotopic (exact) mass is 169 g/mol. The van der Waals surface area contributed by atoms with Crippen LogP contribution in [0.3, 0.4) is 0 Å². The van der Waals surface area contributed by atoms with Gasteiger partial charge in [0, 0.05) is 28.2 Å². The van der Waals surface area contributed by atoms with Gasteiger partial charge >= 0.3 is 0 Å². The lowest BCUT2D eigenvalue weighted by Crippen LogP contribution is -1.98. The smallest absolute Gasteiger partial charge is 0.186 e. The van der Waals surface area contributed by atoms with Crippen molar-refractivity contribution in [1.82, 2.24) is 4.98 Å². The van der Waals surface area contributed by atoms with E-state index in [2.05, 4.69) is 4.98 Å². The average Bonchev–Trinajstić information content (AvgIpc) is 2.57. The predicted molar refractivity (Wildman–Crippen MR) is 51.7 cm³/mol. The summed E-state index contributed by atoms with van der Waals surface area (Å²) in [6, 6.07) is 5.75. The topological polar surface area (TPSA) is 32.9 Å². The molecule has 0 unspecified atom stereocenters. The number of rotatable bonds is 0. The Morgan fingerprint density at radius 3 is 3.00 bits per heavy atom. The summed E-state index contributed by atoms with van der Waals surface area (Å²) < 4.78 is 0. The highest BCUT2D eigenvalue weighted by Crippen LogP contribution is 2.27. The highest BCUT2D eigenvalue weighted by Gasteiger charge is 2.14. The van der Waals surface area contributed by atoms with Gasteiger partial charge in [-0.05, 0) is 18.2 Å². The summed E-state index contributed by atoms with van der Waals surface area (Å²) >= 11 is 0. The number of ketones is 1. The van der Waals surface area contributed by atoms with Gasteiger partial charge in [0.2, 0.25) is 0 Å². The van der Waals surface area contributed by atoms with Crippen LogP contribution in [0.5, 0.6) is 0 Å². The number of carbonyl (C=O) groups is 1. The van der Waals surface area contributed by atoms with Gasteiger partial charge in [-0.1, -0.05) is 12.1 Å². The molecular formula is C11H7NO. The van der Waals surface area contributed by atoms with Crippen molar-refractivity contribution in [1.29, 1.82) is 0 Å². The standard InChI is InChI=1S/C11H7NO/c13-10-5-4-7-6-12-9-3-1-2-8(10)11(7)9/h1-6,12H. The molecule has 1 N–H and O–H groups in total. The molecule has 1 aliphatic carbocycles. The minimum Gasteiger partial charge on any atom is -0.361 e. The molecule has 0 bridgehead atoms. The second-order valence-corrected chi connectivity index (χ2v) is 3.17. The van der Waals surface area contributed by atoms with E-state index in [-0.39, 0.29) is 5.78 Å². The van der Waals surface area contributed by atoms with Crippen LogP contribution in [0.25, 0.3) is 17.0 Å². The lowest BCUT2D eigenvalue weighted by molar-refractivity contribution is 0.104. The molecule has 0 spiro atoms. The third-order valence-electron chi connectivity index (χ3n) is 2.42. The Morgan fingerprint density at radius 2 is 2.08 bits per heavy atom. The van der Waals surface area contributed by atoms with E-state index in [1.165, 1.54) is 0 Å². The largest absolute Gasteiger partial charge is 0.361 e. The zero-order chi connectivity index (χ0) is 8.84. The van der Waals surface area contributed by atoms with Crippen molar-refractivity contribution < 1.29 is 4.79 Å². The first-order valence-electron chi connectivity index (χ1n) is 4.19. The maximum Gasteiger partial charge on any atom is 0.186 e. The quantitative estimate of drug-likeness (QED) is 0.645. The van der Waals surface area contributed by atoms with Crippen LogP contribution in [-0.4, -0.2) is 10.8 Å². The number of hydrogen-bond acceptors (Lipinski definition) is 1. The summed E-state index contributed by atoms with van der Waals surface area (Å²) in [7, 11) is 0. The van der Waals surface area contributed by atoms with Crippen molar-refractivity contribution in [3.63, 3.8) is 0 Å². The number of carbonyl (C=O) groups excluding carboxylic acids is 1. The normalized spacial score (nSPS) is 14.0. The van der Waals surface area contributed by atoms with Crippen LogP contribution in [-0.2, 0) is 0 Å². The third-order valence-corrected chi connectivity index (χ3v) is 2.42. The van der Waals surface area contributed by atoms with Gasteiger partial charge in [-0.15, -0.1) is 0 Å². The molecule has 0 aliphatic heterocycles. The first kappa shape index (κ1) is 6.66. The number of allylic oxidation sites excluding steroid dienone is 1. The van der Waals surface area contributed by atoms with E-state index in [1.54, 1.807) is 6.08 Å². The number of hydrogen-bond donors (Lipinski definition) is 1. The number of aromatic nitrogens is 1. The second-order valence-electron chi connectivity index (χ2n) is 3.17. The highest BCUT2D eigenvalue weighted by molar-refractivity contribution is 6.19. The van der Waals surface area contributed by atoms with Crippen molar-refractivity contribution in [3.05, 3.63) is 41.6 Å². The minimum absolute atomic E-state index is 0.0951. The van der Waals surface area contributed by atoms with Gasteiger partial charge in [0.15, 0.2) is 5.78 Å². The average molecular weight is 169 g/mol. The summed E-state index contributed by atoms with van der Waals surface area (Å²) in [5, 5.41) is 1.05. The van der Waals surface area contributed by atoms with Gasteiger partial charge in [-0.3, -0.25) is 4.79 Å². The summed E-state index contributed by atoms with van der Waals surface area (Å²) in [4.78, 5) is 14.6. The van der Waals surface area contributed by atoms with Crippen molar-refractivity contribution in [2.75, 3.05) is 0 Å². The maximum absolute atomic E-state index is 11.5. The Labute approximate surface area is 74.9 Å². The van der Waals surface area contributed by atoms with E-state index in [9.17, 15) is 4.79 Å². The highest BCUT2D eigenvalue weighted by atomic mass is 16.1. The van der Waals surface area contributed by atoms with Gasteiger partial charge in [-0.25, -0.2) is 0 Å². The van der Waals surface area contributed by atoms with Crippen LogP contribution in [0.1, 0.15) is 15.9 Å². The number of nitrogens with one attached hydrogen (secondary N) is 1. The summed E-state index contributed by atoms with van der Waals surface area (Å²) in [5.74, 6) is 0.0951. The molecule has 1 aromatic heterocycles. The van der Waals surface area contributed by atoms with Gasteiger partial charge < -0.3 is 4.98 Å². The second kappa shape index (κ2) is 2.10. The van der Waals surface area contributed by atoms with Crippen molar-refractivity contribution in [2.45, 2.75) is 0 Å². The Bertz CT molecular complexity index is 534. The first-order valence-corrected chi connectivity index (χ1v) is 4.19. The third kappa shape index (κ3) is 0.746. The zero-order valence-electron chi connectivity index (χ0n) is 6.87. The molecule has 2 heteroatoms. The van der Waals surface area contributed by atoms with Crippen molar-refractivity contribution >= 4 is 22.8 Å². The Balaban J connectivity index is 2.59. The van der Waals surface area contributed by atoms with E-state index in [4.69, 9.17) is 0 Å². The molecule has 0 radical (unpaired) electrons. The fourth-order valence-electron chi connectivity index (χ4n) is 1.80. The van der Waals surface area contributed by atoms with E-state index >= 15 is 0 Å². The number of aromatic amines is 1. The lowest BCUT2D eigenvalue weighted by Gasteiger charge is -2.04. The van der Waals surface area contributed by atoms with Crippen LogP contribution in [0.2, 0.25) is 0 Å². The Hall–Kier alpha value is -1.83. The molecule has 13 heavy (non-hydrogen) atoms. The van der Waals surface area contributed by atoms with Gasteiger partial charge in [-0.2, -0.15) is 0 Å². The van der Waals surface area contributed by atoms with E-state index < -0.39 is 0 Å². The molecule has 0 amide bonds. The summed E-state index contributed by atoms with van der Waals surface area (Å²) in [6.07, 6.45) is 5.40. The van der Waals surface area contributed by atoms with Crippen molar-refractivity contribution in [3.8, 4) is 0 Å². The van der Waals surface area contributed by atoms with Gasteiger partial charge in [0.25, 0.3) is 0 Å². The van der Waals surface area contributed by atoms with Crippen LogP contribution < -0.4 is 0 Å². The molecule has 0 saturated heterocycles. The zero-order valence-corrected chi connectivity index (χ0v) is 6.87. The molecule has 0 saturated carbocycles.